The van der Waals surface area contributed by atoms with E-state index in [2.05, 4.69) is 72.7 Å². The Labute approximate surface area is 264 Å². The normalized spacial score (nSPS) is 13.0. The van der Waals surface area contributed by atoms with Gasteiger partial charge < -0.3 is 24.2 Å². The number of fused-ring (bicyclic) bond motifs is 1. The average Bonchev–Trinajstić information content (AvgIpc) is 3.51. The highest BCUT2D eigenvalue weighted by Crippen LogP contribution is 2.44. The number of carbonyl (C=O) groups excluding carboxylic acids is 1. The Kier molecular flexibility index (Phi) is 8.98. The highest BCUT2D eigenvalue weighted by Gasteiger charge is 2.28. The Morgan fingerprint density at radius 3 is 2.20 bits per heavy atom. The van der Waals surface area contributed by atoms with E-state index in [1.807, 2.05) is 54.6 Å². The van der Waals surface area contributed by atoms with Crippen molar-refractivity contribution in [2.24, 2.45) is 0 Å². The van der Waals surface area contributed by atoms with Gasteiger partial charge in [0, 0.05) is 31.8 Å². The van der Waals surface area contributed by atoms with Gasteiger partial charge in [0.2, 0.25) is 5.76 Å². The lowest BCUT2D eigenvalue weighted by molar-refractivity contribution is 0.0927. The van der Waals surface area contributed by atoms with Crippen LogP contribution >= 0.6 is 0 Å². The summed E-state index contributed by atoms with van der Waals surface area (Å²) in [5.41, 5.74) is 8.52. The molecule has 0 saturated heterocycles. The molecule has 1 aliphatic heterocycles. The maximum atomic E-state index is 13.1. The topological polar surface area (TPSA) is 76.8 Å². The van der Waals surface area contributed by atoms with Crippen molar-refractivity contribution in [1.82, 2.24) is 15.4 Å². The average molecular weight is 602 g/mol. The number of hydrogen-bond donors (Lipinski definition) is 1. The zero-order chi connectivity index (χ0) is 31.3. The second-order valence-corrected chi connectivity index (χ2v) is 11.9. The summed E-state index contributed by atoms with van der Waals surface area (Å²) in [5.74, 6) is 1.33. The lowest BCUT2D eigenvalue weighted by Gasteiger charge is -2.25. The van der Waals surface area contributed by atoms with Crippen molar-refractivity contribution in [3.8, 4) is 33.9 Å². The Hall–Kier alpha value is -4.88. The van der Waals surface area contributed by atoms with Gasteiger partial charge in [0.05, 0.1) is 5.56 Å². The van der Waals surface area contributed by atoms with E-state index >= 15 is 0 Å². The number of ether oxygens (including phenoxy) is 2. The number of nitrogens with one attached hydrogen (secondary N) is 1. The van der Waals surface area contributed by atoms with E-state index in [1.165, 1.54) is 11.1 Å². The van der Waals surface area contributed by atoms with Gasteiger partial charge in [-0.1, -0.05) is 97.9 Å². The molecule has 5 aromatic rings. The maximum absolute atomic E-state index is 13.1. The number of carbonyl (C=O) groups is 1. The van der Waals surface area contributed by atoms with E-state index < -0.39 is 0 Å². The summed E-state index contributed by atoms with van der Waals surface area (Å²) >= 11 is 0. The first-order chi connectivity index (χ1) is 21.9. The van der Waals surface area contributed by atoms with Gasteiger partial charge in [-0.3, -0.25) is 4.79 Å². The van der Waals surface area contributed by atoms with Gasteiger partial charge in [-0.2, -0.15) is 0 Å². The van der Waals surface area contributed by atoms with Crippen LogP contribution in [-0.4, -0.2) is 36.6 Å². The molecular weight excluding hydrogens is 562 g/mol. The molecule has 0 radical (unpaired) electrons. The molecule has 1 amide bonds. The molecule has 7 heteroatoms. The van der Waals surface area contributed by atoms with Crippen molar-refractivity contribution in [3.05, 3.63) is 125 Å². The van der Waals surface area contributed by atoms with Crippen molar-refractivity contribution in [1.29, 1.82) is 0 Å². The predicted octanol–water partition coefficient (Wildman–Crippen LogP) is 7.64. The fourth-order valence-electron chi connectivity index (χ4n) is 5.79. The molecule has 0 saturated carbocycles. The molecule has 6 rings (SSSR count). The van der Waals surface area contributed by atoms with Crippen molar-refractivity contribution >= 4 is 5.91 Å². The minimum Gasteiger partial charge on any atom is -0.488 e. The molecule has 0 atom stereocenters. The third-order valence-corrected chi connectivity index (χ3v) is 8.29. The van der Waals surface area contributed by atoms with Gasteiger partial charge in [-0.15, -0.1) is 0 Å². The standard InChI is InChI=1S/C38H39N3O4/c1-25(2)31-20-32(34(44-24-27-13-9-6-10-14-27)21-33(31)43-23-26-11-7-5-8-12-26)36-35(37(45-40-36)38(42)39-3)29-15-16-30-22-41(4)18-17-28(30)19-29/h5-16,19-21,25H,17-18,22-24H2,1-4H3,(H,39,42). The molecule has 1 N–H and O–H groups in total. The molecule has 0 unspecified atom stereocenters. The van der Waals surface area contributed by atoms with E-state index in [-0.39, 0.29) is 17.6 Å². The molecule has 1 aliphatic rings. The van der Waals surface area contributed by atoms with Gasteiger partial charge in [0.1, 0.15) is 30.4 Å². The molecule has 1 aromatic heterocycles. The van der Waals surface area contributed by atoms with E-state index in [0.717, 1.165) is 53.1 Å². The lowest BCUT2D eigenvalue weighted by Crippen LogP contribution is -2.26. The number of likely N-dealkylation sites (N-methyl/N-ethyl adjacent to an activating group) is 1. The van der Waals surface area contributed by atoms with Gasteiger partial charge in [0.15, 0.2) is 0 Å². The first-order valence-corrected chi connectivity index (χ1v) is 15.5. The third-order valence-electron chi connectivity index (χ3n) is 8.29. The van der Waals surface area contributed by atoms with Crippen LogP contribution in [0.1, 0.15) is 58.1 Å². The predicted molar refractivity (Wildman–Crippen MR) is 176 cm³/mol. The van der Waals surface area contributed by atoms with Crippen LogP contribution < -0.4 is 14.8 Å². The number of aromatic nitrogens is 1. The second-order valence-electron chi connectivity index (χ2n) is 11.9. The largest absolute Gasteiger partial charge is 0.488 e. The SMILES string of the molecule is CNC(=O)c1onc(-c2cc(C(C)C)c(OCc3ccccc3)cc2OCc2ccccc2)c1-c1ccc2c(c1)CCN(C)C2. The smallest absolute Gasteiger partial charge is 0.290 e. The van der Waals surface area contributed by atoms with E-state index in [9.17, 15) is 4.79 Å². The zero-order valence-corrected chi connectivity index (χ0v) is 26.3. The molecule has 0 fully saturated rings. The number of hydrogen-bond acceptors (Lipinski definition) is 6. The summed E-state index contributed by atoms with van der Waals surface area (Å²) < 4.78 is 18.8. The summed E-state index contributed by atoms with van der Waals surface area (Å²) in [5, 5.41) is 7.26. The first kappa shape index (κ1) is 30.2. The number of amides is 1. The fourth-order valence-corrected chi connectivity index (χ4v) is 5.79. The van der Waals surface area contributed by atoms with Gasteiger partial charge in [0.25, 0.3) is 5.91 Å². The first-order valence-electron chi connectivity index (χ1n) is 15.5. The Morgan fingerprint density at radius 1 is 0.889 bits per heavy atom. The van der Waals surface area contributed by atoms with Crippen molar-refractivity contribution in [2.75, 3.05) is 20.6 Å². The highest BCUT2D eigenvalue weighted by molar-refractivity contribution is 6.02. The van der Waals surface area contributed by atoms with Crippen LogP contribution in [0.4, 0.5) is 0 Å². The van der Waals surface area contributed by atoms with Gasteiger partial charge >= 0.3 is 0 Å². The molecule has 0 bridgehead atoms. The van der Waals surface area contributed by atoms with Crippen LogP contribution in [0.15, 0.2) is 95.5 Å². The molecule has 0 spiro atoms. The molecule has 4 aromatic carbocycles. The number of nitrogens with zero attached hydrogens (tertiary/aromatic N) is 2. The van der Waals surface area contributed by atoms with Crippen molar-refractivity contribution in [2.45, 2.75) is 45.9 Å². The summed E-state index contributed by atoms with van der Waals surface area (Å²) in [7, 11) is 3.73. The van der Waals surface area contributed by atoms with E-state index in [0.29, 0.717) is 30.2 Å². The number of rotatable bonds is 10. The van der Waals surface area contributed by atoms with Crippen LogP contribution in [0.3, 0.4) is 0 Å². The number of benzene rings is 4. The van der Waals surface area contributed by atoms with E-state index in [1.54, 1.807) is 7.05 Å². The monoisotopic (exact) mass is 601 g/mol. The summed E-state index contributed by atoms with van der Waals surface area (Å²) in [6.07, 6.45) is 0.936. The fraction of sp³-hybridized carbons (Fsp3) is 0.263. The Balaban J connectivity index is 1.49. The molecule has 2 heterocycles. The van der Waals surface area contributed by atoms with Gasteiger partial charge in [-0.25, -0.2) is 0 Å². The molecule has 230 valence electrons. The molecule has 0 aliphatic carbocycles. The molecular formula is C38H39N3O4. The zero-order valence-electron chi connectivity index (χ0n) is 26.3. The Morgan fingerprint density at radius 2 is 1.56 bits per heavy atom. The molecule has 45 heavy (non-hydrogen) atoms. The molecule has 7 nitrogen and oxygen atoms in total. The van der Waals surface area contributed by atoms with Crippen LogP contribution in [0, 0.1) is 0 Å². The van der Waals surface area contributed by atoms with Gasteiger partial charge in [-0.05, 0) is 58.8 Å². The van der Waals surface area contributed by atoms with Crippen LogP contribution in [0.2, 0.25) is 0 Å². The lowest BCUT2D eigenvalue weighted by atomic mass is 9.91. The minimum absolute atomic E-state index is 0.146. The van der Waals surface area contributed by atoms with Crippen LogP contribution in [0.25, 0.3) is 22.4 Å². The maximum Gasteiger partial charge on any atom is 0.290 e. The third kappa shape index (κ3) is 6.64. The van der Waals surface area contributed by atoms with Crippen molar-refractivity contribution < 1.29 is 18.8 Å². The highest BCUT2D eigenvalue weighted by atomic mass is 16.5. The van der Waals surface area contributed by atoms with Crippen LogP contribution in [-0.2, 0) is 26.2 Å². The quantitative estimate of drug-likeness (QED) is 0.177. The van der Waals surface area contributed by atoms with E-state index in [4.69, 9.17) is 14.0 Å². The summed E-state index contributed by atoms with van der Waals surface area (Å²) in [6.45, 7) is 6.94. The minimum atomic E-state index is -0.333. The summed E-state index contributed by atoms with van der Waals surface area (Å²) in [6, 6.07) is 30.6. The second kappa shape index (κ2) is 13.4. The summed E-state index contributed by atoms with van der Waals surface area (Å²) in [4.78, 5) is 15.4. The van der Waals surface area contributed by atoms with Crippen LogP contribution in [0.5, 0.6) is 11.5 Å². The van der Waals surface area contributed by atoms with Crippen molar-refractivity contribution in [3.63, 3.8) is 0 Å². The Bertz CT molecular complexity index is 1780.